The molecule has 3 atom stereocenters. The first kappa shape index (κ1) is 60.7. The maximum Gasteiger partial charge on any atom is 0.472 e. The summed E-state index contributed by atoms with van der Waals surface area (Å²) in [5, 5.41) is 13.7. The van der Waals surface area contributed by atoms with Crippen molar-refractivity contribution in [3.8, 4) is 0 Å². The van der Waals surface area contributed by atoms with Crippen LogP contribution in [-0.4, -0.2) is 73.4 Å². The fourth-order valence-electron chi connectivity index (χ4n) is 6.83. The normalized spacial score (nSPS) is 14.8. The minimum absolute atomic E-state index is 0.0534. The fourth-order valence-corrected chi connectivity index (χ4v) is 7.57. The number of allylic oxidation sites excluding steroid dienone is 13. The number of aliphatic hydroxyl groups excluding tert-OH is 1. The summed E-state index contributed by atoms with van der Waals surface area (Å²) < 4.78 is 23.5. The number of likely N-dealkylation sites (N-methyl/N-ethyl adjacent to an activating group) is 1. The van der Waals surface area contributed by atoms with E-state index in [4.69, 9.17) is 9.05 Å². The molecule has 0 saturated heterocycles. The Bertz CT molecular complexity index is 1300. The van der Waals surface area contributed by atoms with Crippen LogP contribution >= 0.6 is 7.82 Å². The average molecular weight is 902 g/mol. The molecular formula is C54H98N2O6P+. The SMILES string of the molecule is CC/C=C\C/C=C\C/C=C\C/C=C\C/C=C\CCCCCCCCCCCCCCCCCCCC(=O)NC(COP(=O)(O)OCC[N+](C)(C)C)C(O)/C=C/CC/C=C/CCCC. The van der Waals surface area contributed by atoms with Crippen molar-refractivity contribution in [3.63, 3.8) is 0 Å². The first-order valence-electron chi connectivity index (χ1n) is 25.5. The number of amides is 1. The Balaban J connectivity index is 3.97. The predicted octanol–water partition coefficient (Wildman–Crippen LogP) is 14.9. The Hall–Kier alpha value is -2.32. The number of rotatable bonds is 45. The molecule has 0 rings (SSSR count). The van der Waals surface area contributed by atoms with Crippen molar-refractivity contribution in [2.75, 3.05) is 40.9 Å². The smallest absolute Gasteiger partial charge is 0.387 e. The molecule has 0 aliphatic rings. The largest absolute Gasteiger partial charge is 0.472 e. The van der Waals surface area contributed by atoms with E-state index in [1.807, 2.05) is 27.2 Å². The zero-order valence-corrected chi connectivity index (χ0v) is 42.2. The third-order valence-corrected chi connectivity index (χ3v) is 11.8. The Labute approximate surface area is 388 Å². The second kappa shape index (κ2) is 44.9. The third kappa shape index (κ3) is 47.5. The molecule has 0 aromatic heterocycles. The molecule has 0 aliphatic heterocycles. The summed E-state index contributed by atoms with van der Waals surface area (Å²) in [5.74, 6) is -0.193. The van der Waals surface area contributed by atoms with Gasteiger partial charge in [-0.2, -0.15) is 0 Å². The van der Waals surface area contributed by atoms with Gasteiger partial charge < -0.3 is 19.8 Å². The Morgan fingerprint density at radius 1 is 0.556 bits per heavy atom. The molecule has 0 spiro atoms. The molecule has 0 aromatic rings. The highest BCUT2D eigenvalue weighted by molar-refractivity contribution is 7.47. The van der Waals surface area contributed by atoms with Gasteiger partial charge in [-0.1, -0.05) is 208 Å². The van der Waals surface area contributed by atoms with Crippen LogP contribution in [0.5, 0.6) is 0 Å². The molecule has 0 aliphatic carbocycles. The highest BCUT2D eigenvalue weighted by Gasteiger charge is 2.27. The molecule has 0 saturated carbocycles. The Morgan fingerprint density at radius 3 is 1.46 bits per heavy atom. The van der Waals surface area contributed by atoms with E-state index in [0.717, 1.165) is 70.6 Å². The number of unbranched alkanes of at least 4 members (excludes halogenated alkanes) is 20. The standard InChI is InChI=1S/C54H97N2O6P/c1-6-8-10-12-14-16-17-18-19-20-21-22-23-24-25-26-27-28-29-30-31-32-33-34-35-36-37-38-39-40-42-44-46-48-54(58)55-52(51-62-63(59,60)61-50-49-56(3,4)5)53(57)47-45-43-41-15-13-11-9-7-2/h8,10,13-16,18-19,21-22,24-25,45,47,52-53,57H,6-7,9,11-12,17,20,23,26-44,46,48-51H2,1-5H3,(H-,55,58,59,60)/p+1/b10-8-,15-13+,16-14-,19-18-,22-21-,25-24-,47-45+. The summed E-state index contributed by atoms with van der Waals surface area (Å²) >= 11 is 0. The van der Waals surface area contributed by atoms with Gasteiger partial charge in [0, 0.05) is 6.42 Å². The van der Waals surface area contributed by atoms with Crippen LogP contribution in [0, 0.1) is 0 Å². The van der Waals surface area contributed by atoms with E-state index in [-0.39, 0.29) is 19.1 Å². The minimum atomic E-state index is -4.34. The summed E-state index contributed by atoms with van der Waals surface area (Å²) in [6.45, 7) is 4.59. The van der Waals surface area contributed by atoms with E-state index in [1.165, 1.54) is 109 Å². The van der Waals surface area contributed by atoms with Crippen LogP contribution in [0.25, 0.3) is 0 Å². The lowest BCUT2D eigenvalue weighted by Gasteiger charge is -2.25. The van der Waals surface area contributed by atoms with Crippen LogP contribution in [0.2, 0.25) is 0 Å². The molecule has 0 bridgehead atoms. The van der Waals surface area contributed by atoms with Crippen molar-refractivity contribution in [2.45, 2.75) is 212 Å². The van der Waals surface area contributed by atoms with E-state index in [2.05, 4.69) is 92.1 Å². The molecule has 8 nitrogen and oxygen atoms in total. The molecule has 1 amide bonds. The number of hydrogen-bond acceptors (Lipinski definition) is 5. The Morgan fingerprint density at radius 2 is 0.968 bits per heavy atom. The molecule has 0 aromatic carbocycles. The van der Waals surface area contributed by atoms with Gasteiger partial charge in [-0.3, -0.25) is 13.8 Å². The van der Waals surface area contributed by atoms with Gasteiger partial charge in [-0.05, 0) is 70.6 Å². The number of nitrogens with zero attached hydrogens (tertiary/aromatic N) is 1. The molecule has 364 valence electrons. The van der Waals surface area contributed by atoms with Gasteiger partial charge >= 0.3 is 7.82 Å². The van der Waals surface area contributed by atoms with Gasteiger partial charge in [0.2, 0.25) is 5.91 Å². The number of phosphoric ester groups is 1. The number of aliphatic hydroxyl groups is 1. The van der Waals surface area contributed by atoms with E-state index in [0.29, 0.717) is 17.4 Å². The third-order valence-electron chi connectivity index (χ3n) is 10.8. The molecule has 0 fully saturated rings. The Kier molecular flexibility index (Phi) is 43.2. The highest BCUT2D eigenvalue weighted by atomic mass is 31.2. The van der Waals surface area contributed by atoms with Crippen molar-refractivity contribution in [2.24, 2.45) is 0 Å². The second-order valence-electron chi connectivity index (χ2n) is 18.2. The average Bonchev–Trinajstić information content (AvgIpc) is 3.24. The van der Waals surface area contributed by atoms with Gasteiger partial charge in [0.15, 0.2) is 0 Å². The highest BCUT2D eigenvalue weighted by Crippen LogP contribution is 2.43. The maximum atomic E-state index is 12.9. The summed E-state index contributed by atoms with van der Waals surface area (Å²) in [4.78, 5) is 23.1. The zero-order chi connectivity index (χ0) is 46.4. The van der Waals surface area contributed by atoms with Crippen LogP contribution in [0.3, 0.4) is 0 Å². The van der Waals surface area contributed by atoms with Crippen LogP contribution in [0.15, 0.2) is 85.1 Å². The van der Waals surface area contributed by atoms with Crippen molar-refractivity contribution >= 4 is 13.7 Å². The quantitative estimate of drug-likeness (QED) is 0.0243. The van der Waals surface area contributed by atoms with E-state index < -0.39 is 20.0 Å². The van der Waals surface area contributed by atoms with Gasteiger partial charge in [-0.15, -0.1) is 0 Å². The number of phosphoric acid groups is 1. The number of nitrogens with one attached hydrogen (secondary N) is 1. The number of carbonyl (C=O) groups is 1. The lowest BCUT2D eigenvalue weighted by Crippen LogP contribution is -2.45. The molecule has 3 N–H and O–H groups in total. The van der Waals surface area contributed by atoms with Crippen LogP contribution in [0.4, 0.5) is 0 Å². The predicted molar refractivity (Wildman–Crippen MR) is 272 cm³/mol. The molecule has 0 radical (unpaired) electrons. The van der Waals surface area contributed by atoms with Crippen LogP contribution < -0.4 is 5.32 Å². The van der Waals surface area contributed by atoms with Crippen molar-refractivity contribution in [3.05, 3.63) is 85.1 Å². The molecule has 0 heterocycles. The summed E-state index contributed by atoms with van der Waals surface area (Å²) in [5.41, 5.74) is 0. The number of hydrogen-bond donors (Lipinski definition) is 3. The lowest BCUT2D eigenvalue weighted by atomic mass is 10.0. The van der Waals surface area contributed by atoms with Gasteiger partial charge in [0.1, 0.15) is 13.2 Å². The summed E-state index contributed by atoms with van der Waals surface area (Å²) in [6, 6.07) is -0.863. The first-order chi connectivity index (χ1) is 30.5. The van der Waals surface area contributed by atoms with Crippen molar-refractivity contribution in [1.82, 2.24) is 5.32 Å². The molecule has 9 heteroatoms. The van der Waals surface area contributed by atoms with Gasteiger partial charge in [0.25, 0.3) is 0 Å². The minimum Gasteiger partial charge on any atom is -0.387 e. The lowest BCUT2D eigenvalue weighted by molar-refractivity contribution is -0.870. The van der Waals surface area contributed by atoms with Gasteiger partial charge in [-0.25, -0.2) is 4.57 Å². The van der Waals surface area contributed by atoms with Gasteiger partial charge in [0.05, 0.1) is 39.9 Å². The number of carbonyl (C=O) groups excluding carboxylic acids is 1. The molecule has 3 unspecified atom stereocenters. The first-order valence-corrected chi connectivity index (χ1v) is 27.0. The van der Waals surface area contributed by atoms with E-state index in [9.17, 15) is 19.4 Å². The zero-order valence-electron chi connectivity index (χ0n) is 41.3. The fraction of sp³-hybridized carbons (Fsp3) is 0.722. The van der Waals surface area contributed by atoms with E-state index in [1.54, 1.807) is 6.08 Å². The van der Waals surface area contributed by atoms with E-state index >= 15 is 0 Å². The monoisotopic (exact) mass is 902 g/mol. The topological polar surface area (TPSA) is 105 Å². The summed E-state index contributed by atoms with van der Waals surface area (Å²) in [6.07, 6.45) is 62.8. The van der Waals surface area contributed by atoms with Crippen LogP contribution in [0.1, 0.15) is 200 Å². The number of quaternary nitrogens is 1. The second-order valence-corrected chi connectivity index (χ2v) is 19.6. The van der Waals surface area contributed by atoms with Crippen LogP contribution in [-0.2, 0) is 18.4 Å². The van der Waals surface area contributed by atoms with Crippen molar-refractivity contribution < 1.29 is 32.9 Å². The molecule has 63 heavy (non-hydrogen) atoms. The summed E-state index contributed by atoms with van der Waals surface area (Å²) in [7, 11) is 1.54. The maximum absolute atomic E-state index is 12.9. The molecular weight excluding hydrogens is 804 g/mol. The van der Waals surface area contributed by atoms with Crippen molar-refractivity contribution in [1.29, 1.82) is 0 Å².